The van der Waals surface area contributed by atoms with Crippen LogP contribution < -0.4 is 0 Å². The highest BCUT2D eigenvalue weighted by Gasteiger charge is 2.04. The van der Waals surface area contributed by atoms with E-state index < -0.39 is 0 Å². The number of aryl methyl sites for hydroxylation is 1. The minimum Gasteiger partial charge on any atom is -0.256 e. The van der Waals surface area contributed by atoms with E-state index in [0.717, 1.165) is 16.8 Å². The molecule has 15 heavy (non-hydrogen) atoms. The molecule has 0 fully saturated rings. The lowest BCUT2D eigenvalue weighted by molar-refractivity contribution is 1.27. The van der Waals surface area contributed by atoms with Gasteiger partial charge in [0.2, 0.25) is 0 Å². The van der Waals surface area contributed by atoms with Gasteiger partial charge < -0.3 is 0 Å². The average Bonchev–Trinajstić information content (AvgIpc) is 2.23. The first-order valence-corrected chi connectivity index (χ1v) is 5.30. The van der Waals surface area contributed by atoms with Crippen molar-refractivity contribution in [3.8, 4) is 11.3 Å². The summed E-state index contributed by atoms with van der Waals surface area (Å²) in [5.74, 6) is 0. The molecule has 0 radical (unpaired) electrons. The Morgan fingerprint density at radius 3 is 2.53 bits per heavy atom. The molecule has 1 aromatic heterocycles. The molecular weight excluding hydrogens is 229 g/mol. The first kappa shape index (κ1) is 10.5. The summed E-state index contributed by atoms with van der Waals surface area (Å²) in [5.41, 5.74) is 2.83. The number of hydrogen-bond acceptors (Lipinski definition) is 1. The molecule has 1 nitrogen and oxygen atoms in total. The van der Waals surface area contributed by atoms with Crippen LogP contribution in [0.2, 0.25) is 10.0 Å². The normalized spacial score (nSPS) is 10.3. The summed E-state index contributed by atoms with van der Waals surface area (Å²) in [7, 11) is 0. The summed E-state index contributed by atoms with van der Waals surface area (Å²) in [6, 6.07) is 9.30. The highest BCUT2D eigenvalue weighted by molar-refractivity contribution is 6.35. The van der Waals surface area contributed by atoms with Gasteiger partial charge >= 0.3 is 0 Å². The average molecular weight is 238 g/mol. The van der Waals surface area contributed by atoms with Crippen molar-refractivity contribution >= 4 is 23.2 Å². The van der Waals surface area contributed by atoms with Crippen LogP contribution in [0.15, 0.2) is 36.5 Å². The quantitative estimate of drug-likeness (QED) is 0.719. The summed E-state index contributed by atoms with van der Waals surface area (Å²) in [6.45, 7) is 2.00. The van der Waals surface area contributed by atoms with Crippen LogP contribution >= 0.6 is 23.2 Å². The molecule has 3 heteroatoms. The summed E-state index contributed by atoms with van der Waals surface area (Å²) < 4.78 is 0. The van der Waals surface area contributed by atoms with Gasteiger partial charge in [-0.25, -0.2) is 0 Å². The van der Waals surface area contributed by atoms with Crippen molar-refractivity contribution in [2.45, 2.75) is 6.92 Å². The van der Waals surface area contributed by atoms with E-state index in [1.807, 2.05) is 31.3 Å². The third-order valence-corrected chi connectivity index (χ3v) is 2.68. The summed E-state index contributed by atoms with van der Waals surface area (Å²) in [4.78, 5) is 4.31. The van der Waals surface area contributed by atoms with Crippen LogP contribution in [0.4, 0.5) is 0 Å². The van der Waals surface area contributed by atoms with Crippen LogP contribution in [0.3, 0.4) is 0 Å². The third kappa shape index (κ3) is 2.31. The molecule has 76 valence electrons. The van der Waals surface area contributed by atoms with Gasteiger partial charge in [-0.05, 0) is 36.8 Å². The molecule has 0 aliphatic carbocycles. The molecule has 0 unspecified atom stereocenters. The second-order valence-corrected chi connectivity index (χ2v) is 4.19. The molecule has 0 atom stereocenters. The topological polar surface area (TPSA) is 12.9 Å². The second kappa shape index (κ2) is 4.21. The number of nitrogens with zero attached hydrogens (tertiary/aromatic N) is 1. The number of aromatic nitrogens is 1. The Hall–Kier alpha value is -1.05. The van der Waals surface area contributed by atoms with E-state index in [1.54, 1.807) is 12.1 Å². The maximum absolute atomic E-state index is 6.07. The molecule has 1 aromatic carbocycles. The Balaban J connectivity index is 2.53. The van der Waals surface area contributed by atoms with E-state index in [2.05, 4.69) is 4.98 Å². The Labute approximate surface area is 98.7 Å². The van der Waals surface area contributed by atoms with Gasteiger partial charge in [-0.1, -0.05) is 29.3 Å². The molecule has 0 N–H and O–H groups in total. The van der Waals surface area contributed by atoms with Gasteiger partial charge in [-0.15, -0.1) is 0 Å². The minimum atomic E-state index is 0.663. The fourth-order valence-corrected chi connectivity index (χ4v) is 1.71. The van der Waals surface area contributed by atoms with Crippen LogP contribution in [-0.2, 0) is 0 Å². The van der Waals surface area contributed by atoms with Gasteiger partial charge in [0, 0.05) is 16.8 Å². The molecule has 0 aliphatic rings. The summed E-state index contributed by atoms with van der Waals surface area (Å²) in [5, 5.41) is 1.33. The summed E-state index contributed by atoms with van der Waals surface area (Å²) in [6.07, 6.45) is 1.81. The van der Waals surface area contributed by atoms with E-state index >= 15 is 0 Å². The van der Waals surface area contributed by atoms with Crippen molar-refractivity contribution in [1.82, 2.24) is 4.98 Å². The van der Waals surface area contributed by atoms with Crippen LogP contribution in [0.25, 0.3) is 11.3 Å². The molecule has 1 heterocycles. The zero-order valence-corrected chi connectivity index (χ0v) is 9.68. The number of benzene rings is 1. The Kier molecular flexibility index (Phi) is 2.94. The smallest absolute Gasteiger partial charge is 0.0717 e. The second-order valence-electron chi connectivity index (χ2n) is 3.34. The number of rotatable bonds is 1. The van der Waals surface area contributed by atoms with Gasteiger partial charge in [0.1, 0.15) is 0 Å². The minimum absolute atomic E-state index is 0.663. The molecular formula is C12H9Cl2N. The maximum Gasteiger partial charge on any atom is 0.0717 e. The van der Waals surface area contributed by atoms with E-state index in [0.29, 0.717) is 10.0 Å². The molecule has 0 saturated carbocycles. The number of hydrogen-bond donors (Lipinski definition) is 0. The van der Waals surface area contributed by atoms with E-state index in [9.17, 15) is 0 Å². The number of pyridine rings is 1. The van der Waals surface area contributed by atoms with Gasteiger partial charge in [0.25, 0.3) is 0 Å². The molecule has 0 spiro atoms. The van der Waals surface area contributed by atoms with Crippen molar-refractivity contribution < 1.29 is 0 Å². The molecule has 2 rings (SSSR count). The highest BCUT2D eigenvalue weighted by atomic mass is 35.5. The predicted octanol–water partition coefficient (Wildman–Crippen LogP) is 4.36. The first-order chi connectivity index (χ1) is 7.16. The van der Waals surface area contributed by atoms with Gasteiger partial charge in [0.05, 0.1) is 10.7 Å². The van der Waals surface area contributed by atoms with E-state index in [4.69, 9.17) is 23.2 Å². The fraction of sp³-hybridized carbons (Fsp3) is 0.0833. The van der Waals surface area contributed by atoms with Gasteiger partial charge in [-0.3, -0.25) is 4.98 Å². The summed E-state index contributed by atoms with van der Waals surface area (Å²) >= 11 is 12.0. The maximum atomic E-state index is 6.07. The molecule has 2 aromatic rings. The van der Waals surface area contributed by atoms with Crippen molar-refractivity contribution in [3.05, 3.63) is 52.1 Å². The van der Waals surface area contributed by atoms with Gasteiger partial charge in [0.15, 0.2) is 0 Å². The lowest BCUT2D eigenvalue weighted by atomic mass is 10.1. The molecule has 0 aliphatic heterocycles. The standard InChI is InChI=1S/C12H9Cl2N/c1-8-2-5-12(15-7-8)10-6-9(13)3-4-11(10)14/h2-7H,1H3. The molecule has 0 saturated heterocycles. The largest absolute Gasteiger partial charge is 0.256 e. The van der Waals surface area contributed by atoms with Crippen molar-refractivity contribution in [3.63, 3.8) is 0 Å². The van der Waals surface area contributed by atoms with E-state index in [-0.39, 0.29) is 0 Å². The van der Waals surface area contributed by atoms with Crippen LogP contribution in [0.5, 0.6) is 0 Å². The number of halogens is 2. The van der Waals surface area contributed by atoms with Crippen molar-refractivity contribution in [1.29, 1.82) is 0 Å². The zero-order chi connectivity index (χ0) is 10.8. The SMILES string of the molecule is Cc1ccc(-c2cc(Cl)ccc2Cl)nc1. The van der Waals surface area contributed by atoms with Crippen molar-refractivity contribution in [2.24, 2.45) is 0 Å². The Morgan fingerprint density at radius 1 is 1.07 bits per heavy atom. The Morgan fingerprint density at radius 2 is 1.87 bits per heavy atom. The first-order valence-electron chi connectivity index (χ1n) is 4.55. The predicted molar refractivity (Wildman–Crippen MR) is 64.4 cm³/mol. The lowest BCUT2D eigenvalue weighted by Gasteiger charge is -2.04. The van der Waals surface area contributed by atoms with Crippen LogP contribution in [0.1, 0.15) is 5.56 Å². The Bertz CT molecular complexity index is 477. The lowest BCUT2D eigenvalue weighted by Crippen LogP contribution is -1.85. The fourth-order valence-electron chi connectivity index (χ4n) is 1.32. The zero-order valence-electron chi connectivity index (χ0n) is 8.17. The van der Waals surface area contributed by atoms with Crippen molar-refractivity contribution in [2.75, 3.05) is 0 Å². The van der Waals surface area contributed by atoms with Crippen LogP contribution in [-0.4, -0.2) is 4.98 Å². The highest BCUT2D eigenvalue weighted by Crippen LogP contribution is 2.29. The molecule has 0 bridgehead atoms. The van der Waals surface area contributed by atoms with Gasteiger partial charge in [-0.2, -0.15) is 0 Å². The third-order valence-electron chi connectivity index (χ3n) is 2.12. The van der Waals surface area contributed by atoms with Crippen LogP contribution in [0, 0.1) is 6.92 Å². The van der Waals surface area contributed by atoms with E-state index in [1.165, 1.54) is 0 Å². The monoisotopic (exact) mass is 237 g/mol. The molecule has 0 amide bonds.